The highest BCUT2D eigenvalue weighted by molar-refractivity contribution is 5.69. The highest BCUT2D eigenvalue weighted by atomic mass is 16.7. The zero-order valence-electron chi connectivity index (χ0n) is 18.4. The third kappa shape index (κ3) is 6.69. The monoisotopic (exact) mass is 436 g/mol. The maximum absolute atomic E-state index is 10.9. The van der Waals surface area contributed by atoms with E-state index in [4.69, 9.17) is 9.94 Å². The molecule has 2 unspecified atom stereocenters. The Morgan fingerprint density at radius 2 is 1.66 bits per heavy atom. The summed E-state index contributed by atoms with van der Waals surface area (Å²) in [6.07, 6.45) is 4.30. The number of azo groups is 1. The lowest BCUT2D eigenvalue weighted by Gasteiger charge is -2.31. The summed E-state index contributed by atoms with van der Waals surface area (Å²) in [5.41, 5.74) is 6.75. The van der Waals surface area contributed by atoms with Crippen LogP contribution in [-0.4, -0.2) is 41.7 Å². The number of carboxylic acids is 1. The van der Waals surface area contributed by atoms with Gasteiger partial charge in [-0.1, -0.05) is 54.6 Å². The second-order valence-corrected chi connectivity index (χ2v) is 8.82. The molecule has 7 nitrogen and oxygen atoms in total. The quantitative estimate of drug-likeness (QED) is 0.571. The number of hydrogen-bond acceptors (Lipinski definition) is 6. The van der Waals surface area contributed by atoms with Crippen molar-refractivity contribution >= 4 is 5.97 Å². The summed E-state index contributed by atoms with van der Waals surface area (Å²) in [4.78, 5) is 18.8. The van der Waals surface area contributed by atoms with Gasteiger partial charge in [-0.2, -0.15) is 15.7 Å². The van der Waals surface area contributed by atoms with E-state index in [1.807, 2.05) is 23.1 Å². The second-order valence-electron chi connectivity index (χ2n) is 8.82. The SMILES string of the molecule is O=C(O)CN1CCC(CC2CC(c3ccc(CN=NCc4ccccc4)cc3)NO2)CC1. The second kappa shape index (κ2) is 11.3. The Kier molecular flexibility index (Phi) is 7.98. The number of rotatable bonds is 9. The summed E-state index contributed by atoms with van der Waals surface area (Å²) in [5, 5.41) is 17.5. The average Bonchev–Trinajstić information content (AvgIpc) is 3.27. The smallest absolute Gasteiger partial charge is 0.317 e. The number of aliphatic carboxylic acids is 1. The van der Waals surface area contributed by atoms with Gasteiger partial charge in [0.05, 0.1) is 31.8 Å². The number of likely N-dealkylation sites (tertiary alicyclic amines) is 1. The van der Waals surface area contributed by atoms with E-state index in [1.54, 1.807) is 0 Å². The Morgan fingerprint density at radius 1 is 1.00 bits per heavy atom. The third-order valence-electron chi connectivity index (χ3n) is 6.37. The molecule has 32 heavy (non-hydrogen) atoms. The molecule has 0 bridgehead atoms. The topological polar surface area (TPSA) is 86.5 Å². The van der Waals surface area contributed by atoms with E-state index in [0.29, 0.717) is 19.0 Å². The first-order valence-electron chi connectivity index (χ1n) is 11.5. The number of nitrogens with one attached hydrogen (secondary N) is 1. The Hall–Kier alpha value is -2.61. The van der Waals surface area contributed by atoms with Gasteiger partial charge in [-0.05, 0) is 61.4 Å². The maximum Gasteiger partial charge on any atom is 0.317 e. The van der Waals surface area contributed by atoms with Gasteiger partial charge in [0.2, 0.25) is 0 Å². The fraction of sp³-hybridized carbons (Fsp3) is 0.480. The van der Waals surface area contributed by atoms with Crippen LogP contribution >= 0.6 is 0 Å². The summed E-state index contributed by atoms with van der Waals surface area (Å²) >= 11 is 0. The van der Waals surface area contributed by atoms with Crippen LogP contribution in [0.15, 0.2) is 64.8 Å². The van der Waals surface area contributed by atoms with Crippen molar-refractivity contribution in [2.75, 3.05) is 19.6 Å². The molecule has 2 atom stereocenters. The van der Waals surface area contributed by atoms with E-state index >= 15 is 0 Å². The van der Waals surface area contributed by atoms with Crippen molar-refractivity contribution in [3.63, 3.8) is 0 Å². The molecule has 0 amide bonds. The molecule has 0 saturated carbocycles. The molecule has 0 spiro atoms. The molecule has 2 aliphatic rings. The molecule has 4 rings (SSSR count). The lowest BCUT2D eigenvalue weighted by Crippen LogP contribution is -2.38. The third-order valence-corrected chi connectivity index (χ3v) is 6.37. The van der Waals surface area contributed by atoms with Gasteiger partial charge in [0.1, 0.15) is 0 Å². The van der Waals surface area contributed by atoms with E-state index in [0.717, 1.165) is 44.3 Å². The Bertz CT molecular complexity index is 880. The highest BCUT2D eigenvalue weighted by Gasteiger charge is 2.30. The summed E-state index contributed by atoms with van der Waals surface area (Å²) in [6, 6.07) is 18.9. The summed E-state index contributed by atoms with van der Waals surface area (Å²) in [7, 11) is 0. The molecule has 7 heteroatoms. The lowest BCUT2D eigenvalue weighted by molar-refractivity contribution is -0.138. The van der Waals surface area contributed by atoms with Crippen molar-refractivity contribution < 1.29 is 14.7 Å². The zero-order valence-corrected chi connectivity index (χ0v) is 18.4. The van der Waals surface area contributed by atoms with Crippen molar-refractivity contribution in [3.05, 3.63) is 71.3 Å². The van der Waals surface area contributed by atoms with E-state index in [2.05, 4.69) is 52.1 Å². The van der Waals surface area contributed by atoms with Crippen molar-refractivity contribution in [2.24, 2.45) is 16.1 Å². The van der Waals surface area contributed by atoms with Gasteiger partial charge in [-0.15, -0.1) is 0 Å². The molecule has 0 aromatic heterocycles. The number of benzene rings is 2. The van der Waals surface area contributed by atoms with Crippen LogP contribution < -0.4 is 5.48 Å². The molecule has 2 heterocycles. The highest BCUT2D eigenvalue weighted by Crippen LogP contribution is 2.31. The van der Waals surface area contributed by atoms with Crippen molar-refractivity contribution in [2.45, 2.75) is 50.9 Å². The number of carbonyl (C=O) groups is 1. The molecule has 2 aromatic rings. The minimum atomic E-state index is -0.740. The summed E-state index contributed by atoms with van der Waals surface area (Å²) in [6.45, 7) is 3.09. The number of piperidine rings is 1. The zero-order chi connectivity index (χ0) is 22.2. The fourth-order valence-corrected chi connectivity index (χ4v) is 4.53. The van der Waals surface area contributed by atoms with Crippen LogP contribution in [0.5, 0.6) is 0 Å². The average molecular weight is 437 g/mol. The van der Waals surface area contributed by atoms with Crippen LogP contribution in [0.25, 0.3) is 0 Å². The van der Waals surface area contributed by atoms with Crippen LogP contribution in [0.1, 0.15) is 48.4 Å². The minimum Gasteiger partial charge on any atom is -0.480 e. The fourth-order valence-electron chi connectivity index (χ4n) is 4.53. The van der Waals surface area contributed by atoms with E-state index in [-0.39, 0.29) is 18.7 Å². The molecule has 2 aliphatic heterocycles. The lowest BCUT2D eigenvalue weighted by atomic mass is 9.89. The molecule has 0 radical (unpaired) electrons. The Morgan fingerprint density at radius 3 is 2.31 bits per heavy atom. The van der Waals surface area contributed by atoms with Gasteiger partial charge in [0.15, 0.2) is 0 Å². The summed E-state index contributed by atoms with van der Waals surface area (Å²) < 4.78 is 0. The van der Waals surface area contributed by atoms with Crippen LogP contribution in [-0.2, 0) is 22.7 Å². The van der Waals surface area contributed by atoms with Crippen LogP contribution in [0.2, 0.25) is 0 Å². The first-order chi connectivity index (χ1) is 15.7. The maximum atomic E-state index is 10.9. The normalized spacial score (nSPS) is 22.5. The number of hydroxylamine groups is 1. The predicted molar refractivity (Wildman–Crippen MR) is 122 cm³/mol. The molecule has 2 fully saturated rings. The van der Waals surface area contributed by atoms with Crippen molar-refractivity contribution in [3.8, 4) is 0 Å². The number of hydrogen-bond donors (Lipinski definition) is 2. The molecule has 2 N–H and O–H groups in total. The Labute approximate surface area is 189 Å². The molecular weight excluding hydrogens is 404 g/mol. The van der Waals surface area contributed by atoms with Gasteiger partial charge < -0.3 is 5.11 Å². The predicted octanol–water partition coefficient (Wildman–Crippen LogP) is 4.36. The Balaban J connectivity index is 1.18. The summed E-state index contributed by atoms with van der Waals surface area (Å²) in [5.74, 6) is -0.134. The molecule has 0 aliphatic carbocycles. The molecular formula is C25H32N4O3. The van der Waals surface area contributed by atoms with Crippen molar-refractivity contribution in [1.82, 2.24) is 10.4 Å². The molecule has 2 aromatic carbocycles. The van der Waals surface area contributed by atoms with E-state index < -0.39 is 5.97 Å². The van der Waals surface area contributed by atoms with E-state index in [9.17, 15) is 4.79 Å². The number of nitrogens with zero attached hydrogens (tertiary/aromatic N) is 3. The molecule has 2 saturated heterocycles. The molecule has 170 valence electrons. The van der Waals surface area contributed by atoms with Crippen LogP contribution in [0.4, 0.5) is 0 Å². The van der Waals surface area contributed by atoms with Crippen LogP contribution in [0, 0.1) is 5.92 Å². The van der Waals surface area contributed by atoms with Gasteiger partial charge >= 0.3 is 5.97 Å². The van der Waals surface area contributed by atoms with Crippen molar-refractivity contribution in [1.29, 1.82) is 0 Å². The van der Waals surface area contributed by atoms with E-state index in [1.165, 1.54) is 11.1 Å². The first kappa shape index (κ1) is 22.6. The standard InChI is InChI=1S/C25H32N4O3/c30-25(31)18-29-12-10-19(11-13-29)14-23-15-24(28-32-23)22-8-6-21(7-9-22)17-27-26-16-20-4-2-1-3-5-20/h1-9,19,23-24,28H,10-18H2,(H,30,31). The van der Waals surface area contributed by atoms with Gasteiger partial charge in [-0.25, -0.2) is 0 Å². The van der Waals surface area contributed by atoms with Gasteiger partial charge in [0, 0.05) is 0 Å². The minimum absolute atomic E-state index is 0.153. The largest absolute Gasteiger partial charge is 0.480 e. The first-order valence-corrected chi connectivity index (χ1v) is 11.5. The van der Waals surface area contributed by atoms with Gasteiger partial charge in [-0.3, -0.25) is 14.5 Å². The van der Waals surface area contributed by atoms with Crippen LogP contribution in [0.3, 0.4) is 0 Å². The van der Waals surface area contributed by atoms with Gasteiger partial charge in [0.25, 0.3) is 0 Å². The number of carboxylic acid groups (broad SMARTS) is 1.